The van der Waals surface area contributed by atoms with Gasteiger partial charge < -0.3 is 10.6 Å². The molecule has 4 amide bonds. The van der Waals surface area contributed by atoms with E-state index in [1.807, 2.05) is 27.7 Å². The number of fused-ring (bicyclic) bond motifs is 1. The number of carbonyl (C=O) groups excluding carboxylic acids is 3. The molecule has 2 N–H and O–H groups in total. The van der Waals surface area contributed by atoms with Crippen molar-refractivity contribution in [1.82, 2.24) is 10.2 Å². The summed E-state index contributed by atoms with van der Waals surface area (Å²) in [5, 5.41) is 5.35. The van der Waals surface area contributed by atoms with Crippen molar-refractivity contribution in [1.29, 1.82) is 0 Å². The van der Waals surface area contributed by atoms with Gasteiger partial charge in [-0.3, -0.25) is 14.5 Å². The molecule has 1 aromatic carbocycles. The molecule has 2 rings (SSSR count). The van der Waals surface area contributed by atoms with Crippen LogP contribution in [0.1, 0.15) is 54.8 Å². The number of urea groups is 1. The zero-order valence-corrected chi connectivity index (χ0v) is 13.3. The van der Waals surface area contributed by atoms with Crippen LogP contribution in [-0.2, 0) is 0 Å². The van der Waals surface area contributed by atoms with Gasteiger partial charge in [-0.2, -0.15) is 0 Å². The zero-order valence-electron chi connectivity index (χ0n) is 13.3. The van der Waals surface area contributed by atoms with Crippen molar-refractivity contribution in [3.8, 4) is 0 Å². The second-order valence-electron chi connectivity index (χ2n) is 6.26. The van der Waals surface area contributed by atoms with E-state index in [1.165, 1.54) is 4.90 Å². The van der Waals surface area contributed by atoms with Crippen LogP contribution in [0.3, 0.4) is 0 Å². The first kappa shape index (κ1) is 16.0. The molecule has 118 valence electrons. The Kier molecular flexibility index (Phi) is 4.21. The number of nitrogens with one attached hydrogen (secondary N) is 2. The number of hydrogen-bond donors (Lipinski definition) is 2. The number of carbonyl (C=O) groups is 3. The Hall–Kier alpha value is -2.37. The van der Waals surface area contributed by atoms with Crippen LogP contribution in [0.15, 0.2) is 18.2 Å². The van der Waals surface area contributed by atoms with Crippen LogP contribution < -0.4 is 10.6 Å². The molecule has 0 radical (unpaired) electrons. The predicted molar refractivity (Wildman–Crippen MR) is 84.0 cm³/mol. The Bertz CT molecular complexity index is 632. The van der Waals surface area contributed by atoms with Gasteiger partial charge in [0, 0.05) is 17.8 Å². The molecule has 0 saturated carbocycles. The van der Waals surface area contributed by atoms with E-state index >= 15 is 0 Å². The van der Waals surface area contributed by atoms with Crippen LogP contribution in [0.25, 0.3) is 0 Å². The standard InChI is InChI=1S/C16H21N3O3/c1-5-8-17-15(22)18-10-6-7-11-12(9-10)14(21)19(13(11)20)16(2,3)4/h6-7,9H,5,8H2,1-4H3,(H2,17,18,22). The van der Waals surface area contributed by atoms with Crippen molar-refractivity contribution in [3.63, 3.8) is 0 Å². The van der Waals surface area contributed by atoms with Crippen LogP contribution in [0.4, 0.5) is 10.5 Å². The summed E-state index contributed by atoms with van der Waals surface area (Å²) >= 11 is 0. The molecule has 0 spiro atoms. The summed E-state index contributed by atoms with van der Waals surface area (Å²) in [6.07, 6.45) is 0.838. The van der Waals surface area contributed by atoms with Gasteiger partial charge in [0.15, 0.2) is 0 Å². The molecule has 6 heteroatoms. The van der Waals surface area contributed by atoms with Crippen LogP contribution >= 0.6 is 0 Å². The number of benzene rings is 1. The van der Waals surface area contributed by atoms with Gasteiger partial charge in [-0.15, -0.1) is 0 Å². The Labute approximate surface area is 129 Å². The highest BCUT2D eigenvalue weighted by molar-refractivity contribution is 6.22. The smallest absolute Gasteiger partial charge is 0.319 e. The van der Waals surface area contributed by atoms with E-state index in [2.05, 4.69) is 10.6 Å². The molecule has 0 saturated heterocycles. The largest absolute Gasteiger partial charge is 0.338 e. The van der Waals surface area contributed by atoms with E-state index in [-0.39, 0.29) is 17.8 Å². The van der Waals surface area contributed by atoms with Gasteiger partial charge in [-0.25, -0.2) is 4.79 Å². The molecule has 1 heterocycles. The second kappa shape index (κ2) is 5.79. The fraction of sp³-hybridized carbons (Fsp3) is 0.438. The van der Waals surface area contributed by atoms with E-state index in [9.17, 15) is 14.4 Å². The minimum absolute atomic E-state index is 0.297. The Balaban J connectivity index is 2.24. The lowest BCUT2D eigenvalue weighted by Crippen LogP contribution is -2.45. The number of nitrogens with zero attached hydrogens (tertiary/aromatic N) is 1. The first-order valence-electron chi connectivity index (χ1n) is 7.33. The van der Waals surface area contributed by atoms with E-state index in [0.717, 1.165) is 6.42 Å². The normalized spacial score (nSPS) is 14.1. The van der Waals surface area contributed by atoms with Crippen LogP contribution in [0.2, 0.25) is 0 Å². The third-order valence-electron chi connectivity index (χ3n) is 3.35. The van der Waals surface area contributed by atoms with Gasteiger partial charge in [0.25, 0.3) is 11.8 Å². The minimum Gasteiger partial charge on any atom is -0.338 e. The molecule has 1 aliphatic heterocycles. The summed E-state index contributed by atoms with van der Waals surface area (Å²) in [6.45, 7) is 7.97. The molecule has 0 fully saturated rings. The maximum atomic E-state index is 12.4. The fourth-order valence-electron chi connectivity index (χ4n) is 2.34. The van der Waals surface area contributed by atoms with Crippen molar-refractivity contribution < 1.29 is 14.4 Å². The summed E-state index contributed by atoms with van der Waals surface area (Å²) in [6, 6.07) is 4.43. The second-order valence-corrected chi connectivity index (χ2v) is 6.26. The molecule has 6 nitrogen and oxygen atoms in total. The van der Waals surface area contributed by atoms with Crippen molar-refractivity contribution in [3.05, 3.63) is 29.3 Å². The third kappa shape index (κ3) is 2.95. The highest BCUT2D eigenvalue weighted by atomic mass is 16.2. The highest BCUT2D eigenvalue weighted by Gasteiger charge is 2.41. The molecular weight excluding hydrogens is 282 g/mol. The maximum absolute atomic E-state index is 12.4. The van der Waals surface area contributed by atoms with Gasteiger partial charge >= 0.3 is 6.03 Å². The van der Waals surface area contributed by atoms with E-state index in [1.54, 1.807) is 18.2 Å². The van der Waals surface area contributed by atoms with Gasteiger partial charge in [0.2, 0.25) is 0 Å². The minimum atomic E-state index is -0.584. The van der Waals surface area contributed by atoms with Crippen molar-refractivity contribution in [2.75, 3.05) is 11.9 Å². The lowest BCUT2D eigenvalue weighted by Gasteiger charge is -2.29. The average Bonchev–Trinajstić information content (AvgIpc) is 2.68. The lowest BCUT2D eigenvalue weighted by molar-refractivity contribution is 0.0508. The molecule has 0 unspecified atom stereocenters. The Morgan fingerprint density at radius 3 is 2.36 bits per heavy atom. The Morgan fingerprint density at radius 1 is 1.14 bits per heavy atom. The van der Waals surface area contributed by atoms with Gasteiger partial charge in [0.1, 0.15) is 0 Å². The Morgan fingerprint density at radius 2 is 1.77 bits per heavy atom. The maximum Gasteiger partial charge on any atom is 0.319 e. The summed E-state index contributed by atoms with van der Waals surface area (Å²) < 4.78 is 0. The molecule has 1 aliphatic rings. The molecular formula is C16H21N3O3. The lowest BCUT2D eigenvalue weighted by atomic mass is 10.1. The summed E-state index contributed by atoms with van der Waals surface area (Å²) in [5.41, 5.74) is 0.608. The highest BCUT2D eigenvalue weighted by Crippen LogP contribution is 2.30. The number of anilines is 1. The number of amides is 4. The molecule has 0 aliphatic carbocycles. The van der Waals surface area contributed by atoms with Crippen molar-refractivity contribution in [2.24, 2.45) is 0 Å². The first-order valence-corrected chi connectivity index (χ1v) is 7.33. The van der Waals surface area contributed by atoms with Gasteiger partial charge in [-0.05, 0) is 45.4 Å². The van der Waals surface area contributed by atoms with E-state index in [0.29, 0.717) is 23.4 Å². The summed E-state index contributed by atoms with van der Waals surface area (Å²) in [5.74, 6) is -0.625. The summed E-state index contributed by atoms with van der Waals surface area (Å²) in [7, 11) is 0. The average molecular weight is 303 g/mol. The quantitative estimate of drug-likeness (QED) is 0.842. The monoisotopic (exact) mass is 303 g/mol. The number of rotatable bonds is 3. The number of imide groups is 1. The summed E-state index contributed by atoms with van der Waals surface area (Å²) in [4.78, 5) is 37.7. The van der Waals surface area contributed by atoms with E-state index < -0.39 is 5.54 Å². The SMILES string of the molecule is CCCNC(=O)Nc1ccc2c(c1)C(=O)N(C(C)(C)C)C2=O. The van der Waals surface area contributed by atoms with Gasteiger partial charge in [0.05, 0.1) is 11.1 Å². The fourth-order valence-corrected chi connectivity index (χ4v) is 2.34. The van der Waals surface area contributed by atoms with Crippen LogP contribution in [-0.4, -0.2) is 34.8 Å². The van der Waals surface area contributed by atoms with Crippen LogP contribution in [0, 0.1) is 0 Å². The molecule has 22 heavy (non-hydrogen) atoms. The predicted octanol–water partition coefficient (Wildman–Crippen LogP) is 2.61. The molecule has 0 bridgehead atoms. The third-order valence-corrected chi connectivity index (χ3v) is 3.35. The first-order chi connectivity index (χ1) is 10.3. The van der Waals surface area contributed by atoms with E-state index in [4.69, 9.17) is 0 Å². The van der Waals surface area contributed by atoms with Crippen molar-refractivity contribution in [2.45, 2.75) is 39.7 Å². The topological polar surface area (TPSA) is 78.5 Å². The molecule has 0 atom stereocenters. The molecule has 1 aromatic rings. The number of hydrogen-bond acceptors (Lipinski definition) is 3. The van der Waals surface area contributed by atoms with Crippen molar-refractivity contribution >= 4 is 23.5 Å². The molecule has 0 aromatic heterocycles. The van der Waals surface area contributed by atoms with Gasteiger partial charge in [-0.1, -0.05) is 6.92 Å². The van der Waals surface area contributed by atoms with Crippen LogP contribution in [0.5, 0.6) is 0 Å². The zero-order chi connectivity index (χ0) is 16.5.